The first-order chi connectivity index (χ1) is 27.2. The van der Waals surface area contributed by atoms with Gasteiger partial charge in [-0.05, 0) is 50.0 Å². The summed E-state index contributed by atoms with van der Waals surface area (Å²) < 4.78 is 11.8. The summed E-state index contributed by atoms with van der Waals surface area (Å²) in [4.78, 5) is 61.1. The Morgan fingerprint density at radius 1 is 0.930 bits per heavy atom. The van der Waals surface area contributed by atoms with Crippen LogP contribution in [0.2, 0.25) is 0 Å². The van der Waals surface area contributed by atoms with E-state index in [1.54, 1.807) is 19.1 Å². The molecular weight excluding hydrogens is 727 g/mol. The van der Waals surface area contributed by atoms with E-state index >= 15 is 0 Å². The third kappa shape index (κ3) is 23.4. The van der Waals surface area contributed by atoms with Gasteiger partial charge in [-0.2, -0.15) is 0 Å². The van der Waals surface area contributed by atoms with Crippen molar-refractivity contribution in [2.75, 3.05) is 54.0 Å². The van der Waals surface area contributed by atoms with E-state index < -0.39 is 18.1 Å². The van der Waals surface area contributed by atoms with Crippen molar-refractivity contribution >= 4 is 30.5 Å². The van der Waals surface area contributed by atoms with Crippen LogP contribution in [0.15, 0.2) is 30.3 Å². The van der Waals surface area contributed by atoms with Crippen molar-refractivity contribution in [3.8, 4) is 0 Å². The molecule has 1 aromatic carbocycles. The minimum absolute atomic E-state index is 0.0206. The fraction of sp³-hybridized carbons (Fsp3) is 0.744. The molecule has 7 N–H and O–H groups in total. The van der Waals surface area contributed by atoms with Crippen LogP contribution in [-0.2, 0) is 39.9 Å². The molecule has 57 heavy (non-hydrogen) atoms. The van der Waals surface area contributed by atoms with Crippen molar-refractivity contribution in [3.63, 3.8) is 0 Å². The number of likely N-dealkylation sites (tertiary alicyclic amines) is 1. The zero-order valence-electron chi connectivity index (χ0n) is 37.3. The number of likely N-dealkylation sites (N-methyl/N-ethyl adjacent to an activating group) is 1. The Hall–Kier alpha value is -3.59. The molecule has 2 saturated heterocycles. The van der Waals surface area contributed by atoms with Gasteiger partial charge in [0.2, 0.25) is 30.5 Å². The quantitative estimate of drug-likeness (QED) is 0.145. The predicted molar refractivity (Wildman–Crippen MR) is 230 cm³/mol. The number of carbonyl (C=O) groups excluding carboxylic acids is 5. The Bertz CT molecular complexity index is 1170. The minimum atomic E-state index is -0.428. The van der Waals surface area contributed by atoms with Crippen LogP contribution in [0.4, 0.5) is 0 Å². The molecule has 2 aliphatic rings. The van der Waals surface area contributed by atoms with E-state index in [1.807, 2.05) is 44.0 Å². The largest absolute Gasteiger partial charge is 0.379 e. The zero-order valence-corrected chi connectivity index (χ0v) is 37.3. The molecule has 0 bridgehead atoms. The number of benzene rings is 1. The van der Waals surface area contributed by atoms with Gasteiger partial charge in [0.05, 0.1) is 36.6 Å². The zero-order chi connectivity index (χ0) is 43.8. The van der Waals surface area contributed by atoms with E-state index in [-0.39, 0.29) is 61.0 Å². The molecule has 0 aromatic heterocycles. The molecule has 2 aliphatic heterocycles. The molecule has 0 radical (unpaired) electrons. The average Bonchev–Trinajstić information content (AvgIpc) is 3.68. The minimum Gasteiger partial charge on any atom is -0.379 e. The number of nitrogens with one attached hydrogen (secondary N) is 3. The molecule has 330 valence electrons. The summed E-state index contributed by atoms with van der Waals surface area (Å²) in [5.74, 6) is 0.177. The fourth-order valence-corrected chi connectivity index (χ4v) is 6.91. The second-order valence-electron chi connectivity index (χ2n) is 15.2. The van der Waals surface area contributed by atoms with Crippen LogP contribution >= 0.6 is 0 Å². The highest BCUT2D eigenvalue weighted by Crippen LogP contribution is 2.29. The van der Waals surface area contributed by atoms with E-state index in [2.05, 4.69) is 81.1 Å². The van der Waals surface area contributed by atoms with E-state index in [0.717, 1.165) is 58.3 Å². The molecule has 3 rings (SSSR count). The van der Waals surface area contributed by atoms with Crippen LogP contribution in [0.3, 0.4) is 0 Å². The smallest absolute Gasteiger partial charge is 0.225 e. The summed E-state index contributed by atoms with van der Waals surface area (Å²) in [5, 5.41) is 9.59. The van der Waals surface area contributed by atoms with Crippen molar-refractivity contribution in [3.05, 3.63) is 35.9 Å². The standard InChI is InChI=1S/C34H57N3O5.C4H10N2.C3H8.2CH3NO/c1-10-24(4)32(36(7)30(38)19-18-23(2)3)29(41-8)22-31(39)37-20-14-17-28(37)33(42-9)26(6)34(40)35-25(5)21-27-15-12-11-13-16-27;1-2-6-4-3-5-1;1-3-2;2*2-1-3/h11-13,15-16,23-26,28-29,32-33H,10,14,17-22H2,1-9H3,(H,35,40);5-6H,1-4H2;3H2,1-2H3;2*1H,(H2,2,3). The molecule has 0 aliphatic carbocycles. The second kappa shape index (κ2) is 34.5. The number of piperazine rings is 1. The second-order valence-corrected chi connectivity index (χ2v) is 15.2. The molecule has 14 nitrogen and oxygen atoms in total. The van der Waals surface area contributed by atoms with Crippen LogP contribution in [0, 0.1) is 17.8 Å². The Morgan fingerprint density at radius 2 is 1.46 bits per heavy atom. The van der Waals surface area contributed by atoms with Gasteiger partial charge in [0, 0.05) is 66.5 Å². The summed E-state index contributed by atoms with van der Waals surface area (Å²) in [5.41, 5.74) is 9.50. The third-order valence-corrected chi connectivity index (χ3v) is 9.97. The Labute approximate surface area is 345 Å². The molecule has 0 spiro atoms. The van der Waals surface area contributed by atoms with Crippen LogP contribution in [0.1, 0.15) is 106 Å². The number of nitrogens with two attached hydrogens (primary N) is 2. The van der Waals surface area contributed by atoms with Gasteiger partial charge in [-0.25, -0.2) is 0 Å². The van der Waals surface area contributed by atoms with E-state index in [1.165, 1.54) is 12.0 Å². The lowest BCUT2D eigenvalue weighted by Crippen LogP contribution is -2.53. The Morgan fingerprint density at radius 3 is 1.89 bits per heavy atom. The molecule has 7 atom stereocenters. The summed E-state index contributed by atoms with van der Waals surface area (Å²) in [6, 6.07) is 9.67. The lowest BCUT2D eigenvalue weighted by Gasteiger charge is -2.39. The topological polar surface area (TPSA) is 198 Å². The van der Waals surface area contributed by atoms with Crippen LogP contribution in [0.25, 0.3) is 0 Å². The Kier molecular flexibility index (Phi) is 33.5. The van der Waals surface area contributed by atoms with Crippen molar-refractivity contribution in [2.45, 2.75) is 137 Å². The van der Waals surface area contributed by atoms with Crippen LogP contribution < -0.4 is 27.4 Å². The number of amides is 5. The number of hydrogen-bond acceptors (Lipinski definition) is 9. The van der Waals surface area contributed by atoms with Crippen molar-refractivity contribution < 1.29 is 33.4 Å². The fourth-order valence-electron chi connectivity index (χ4n) is 6.91. The maximum absolute atomic E-state index is 13.8. The lowest BCUT2D eigenvalue weighted by atomic mass is 9.90. The van der Waals surface area contributed by atoms with Gasteiger partial charge >= 0.3 is 0 Å². The molecular formula is C43H81N7O7. The monoisotopic (exact) mass is 808 g/mol. The first kappa shape index (κ1) is 55.5. The van der Waals surface area contributed by atoms with E-state index in [0.29, 0.717) is 18.9 Å². The average molecular weight is 808 g/mol. The van der Waals surface area contributed by atoms with Crippen molar-refractivity contribution in [1.29, 1.82) is 0 Å². The summed E-state index contributed by atoms with van der Waals surface area (Å²) in [6.07, 6.45) is 5.64. The number of nitrogens with zero attached hydrogens (tertiary/aromatic N) is 2. The van der Waals surface area contributed by atoms with Gasteiger partial charge in [0.25, 0.3) is 0 Å². The summed E-state index contributed by atoms with van der Waals surface area (Å²) >= 11 is 0. The highest BCUT2D eigenvalue weighted by Gasteiger charge is 2.42. The number of primary amides is 2. The maximum atomic E-state index is 13.8. The van der Waals surface area contributed by atoms with E-state index in [9.17, 15) is 14.4 Å². The molecule has 14 heteroatoms. The SMILES string of the molecule is C1CNCCN1.CCC.CCC(C)C(C(CC(=O)N1CCCC1C(OC)C(C)C(=O)NC(C)Cc1ccccc1)OC)N(C)C(=O)CCC(C)C.NC=O.NC=O. The number of hydrogen-bond donors (Lipinski definition) is 5. The lowest BCUT2D eigenvalue weighted by molar-refractivity contribution is -0.146. The molecule has 2 heterocycles. The normalized spacial score (nSPS) is 17.7. The Balaban J connectivity index is 0. The van der Waals surface area contributed by atoms with Gasteiger partial charge in [-0.1, -0.05) is 91.6 Å². The number of rotatable bonds is 17. The van der Waals surface area contributed by atoms with Crippen LogP contribution in [-0.4, -0.2) is 125 Å². The van der Waals surface area contributed by atoms with Gasteiger partial charge < -0.3 is 46.7 Å². The third-order valence-electron chi connectivity index (χ3n) is 9.97. The molecule has 2 fully saturated rings. The molecule has 5 amide bonds. The number of carbonyl (C=O) groups is 5. The summed E-state index contributed by atoms with van der Waals surface area (Å²) in [6.45, 7) is 21.8. The maximum Gasteiger partial charge on any atom is 0.225 e. The van der Waals surface area contributed by atoms with Crippen molar-refractivity contribution in [1.82, 2.24) is 25.8 Å². The number of methoxy groups -OCH3 is 2. The van der Waals surface area contributed by atoms with Gasteiger partial charge in [-0.3, -0.25) is 24.0 Å². The highest BCUT2D eigenvalue weighted by atomic mass is 16.5. The first-order valence-electron chi connectivity index (χ1n) is 20.9. The summed E-state index contributed by atoms with van der Waals surface area (Å²) in [7, 11) is 5.09. The molecule has 0 saturated carbocycles. The molecule has 1 aromatic rings. The molecule has 7 unspecified atom stereocenters. The van der Waals surface area contributed by atoms with Crippen molar-refractivity contribution in [2.24, 2.45) is 29.2 Å². The first-order valence-corrected chi connectivity index (χ1v) is 20.9. The van der Waals surface area contributed by atoms with Gasteiger partial charge in [0.15, 0.2) is 0 Å². The van der Waals surface area contributed by atoms with E-state index in [4.69, 9.17) is 19.1 Å². The van der Waals surface area contributed by atoms with Gasteiger partial charge in [-0.15, -0.1) is 0 Å². The van der Waals surface area contributed by atoms with Crippen LogP contribution in [0.5, 0.6) is 0 Å². The van der Waals surface area contributed by atoms with Gasteiger partial charge in [0.1, 0.15) is 0 Å². The number of ether oxygens (including phenoxy) is 2. The highest BCUT2D eigenvalue weighted by molar-refractivity contribution is 5.81. The predicted octanol–water partition coefficient (Wildman–Crippen LogP) is 3.89.